The summed E-state index contributed by atoms with van der Waals surface area (Å²) >= 11 is 0. The lowest BCUT2D eigenvalue weighted by Gasteiger charge is -2.39. The number of nitrogens with zero attached hydrogens (tertiary/aromatic N) is 2. The third-order valence-electron chi connectivity index (χ3n) is 10.9. The monoisotopic (exact) mass is 719 g/mol. The molecule has 278 valence electrons. The Morgan fingerprint density at radius 2 is 1.77 bits per heavy atom. The van der Waals surface area contributed by atoms with Crippen LogP contribution in [-0.2, 0) is 35.1 Å². The number of aryl methyl sites for hydroxylation is 2. The standard InChI is InChI=1S/C43H49N3O7/c1-5-7-18-36(48)52-27-33(31-16-12-9-13-17-31)44-40(49)37-35-21-22-43(53-35)38(37)41(50)46(32(26-47)25-30-14-10-8-11-15-30)39(43)42(51)45(23-6-2)34-24-28(3)19-20-29(34)4/h5-6,8-17,19-20,24,32-33,35,37-39,47H,1-2,7,18,21-23,25-27H2,3-4H3,(H,44,49)/t32-,33-,35-,37+,38+,39-,43+/m1/s1. The summed E-state index contributed by atoms with van der Waals surface area (Å²) in [5.74, 6) is -3.46. The molecular weight excluding hydrogens is 670 g/mol. The van der Waals surface area contributed by atoms with E-state index < -0.39 is 66.1 Å². The second-order valence-corrected chi connectivity index (χ2v) is 14.3. The van der Waals surface area contributed by atoms with E-state index in [-0.39, 0.29) is 25.5 Å². The topological polar surface area (TPSA) is 125 Å². The molecule has 0 unspecified atom stereocenters. The van der Waals surface area contributed by atoms with Gasteiger partial charge >= 0.3 is 5.97 Å². The molecule has 3 aromatic carbocycles. The van der Waals surface area contributed by atoms with Crippen LogP contribution >= 0.6 is 0 Å². The third-order valence-corrected chi connectivity index (χ3v) is 10.9. The molecule has 3 saturated heterocycles. The molecule has 10 heteroatoms. The molecule has 3 aliphatic heterocycles. The van der Waals surface area contributed by atoms with E-state index in [9.17, 15) is 19.5 Å². The van der Waals surface area contributed by atoms with Crippen LogP contribution in [0.4, 0.5) is 5.69 Å². The van der Waals surface area contributed by atoms with Crippen molar-refractivity contribution in [2.75, 3.05) is 24.7 Å². The van der Waals surface area contributed by atoms with Crippen molar-refractivity contribution in [2.24, 2.45) is 11.8 Å². The number of anilines is 1. The van der Waals surface area contributed by atoms with Crippen LogP contribution in [-0.4, -0.2) is 77.2 Å². The molecule has 2 bridgehead atoms. The summed E-state index contributed by atoms with van der Waals surface area (Å²) in [6.07, 6.45) is 4.49. The SMILES string of the molecule is C=CCCC(=O)OC[C@@H](NC(=O)[C@@H]1[C@H]2C(=O)N([C@@H](CO)Cc3ccccc3)[C@H](C(=O)N(CC=C)c3cc(C)ccc3C)[C@]23CC[C@H]1O3)c1ccccc1. The molecule has 0 aliphatic carbocycles. The number of ether oxygens (including phenoxy) is 2. The van der Waals surface area contributed by atoms with E-state index in [4.69, 9.17) is 9.47 Å². The Morgan fingerprint density at radius 3 is 2.45 bits per heavy atom. The van der Waals surface area contributed by atoms with Crippen LogP contribution in [0.5, 0.6) is 0 Å². The molecule has 0 aromatic heterocycles. The zero-order valence-electron chi connectivity index (χ0n) is 30.5. The summed E-state index contributed by atoms with van der Waals surface area (Å²) in [5, 5.41) is 14.0. The number of fused-ring (bicyclic) bond motifs is 1. The summed E-state index contributed by atoms with van der Waals surface area (Å²) in [6, 6.07) is 22.1. The number of hydrogen-bond acceptors (Lipinski definition) is 7. The maximum Gasteiger partial charge on any atom is 0.306 e. The summed E-state index contributed by atoms with van der Waals surface area (Å²) in [5.41, 5.74) is 2.87. The van der Waals surface area contributed by atoms with E-state index in [0.717, 1.165) is 22.3 Å². The molecule has 53 heavy (non-hydrogen) atoms. The highest BCUT2D eigenvalue weighted by molar-refractivity contribution is 6.05. The van der Waals surface area contributed by atoms with E-state index in [1.54, 1.807) is 17.1 Å². The van der Waals surface area contributed by atoms with Gasteiger partial charge in [0.25, 0.3) is 5.91 Å². The fraction of sp³-hybridized carbons (Fsp3) is 0.395. The quantitative estimate of drug-likeness (QED) is 0.155. The predicted molar refractivity (Wildman–Crippen MR) is 202 cm³/mol. The maximum atomic E-state index is 15.2. The number of esters is 1. The fourth-order valence-corrected chi connectivity index (χ4v) is 8.44. The summed E-state index contributed by atoms with van der Waals surface area (Å²) in [7, 11) is 0. The Kier molecular flexibility index (Phi) is 11.6. The fourth-order valence-electron chi connectivity index (χ4n) is 8.44. The number of benzene rings is 3. The van der Waals surface area contributed by atoms with Crippen LogP contribution in [0.2, 0.25) is 0 Å². The van der Waals surface area contributed by atoms with Crippen molar-refractivity contribution in [1.82, 2.24) is 10.2 Å². The number of carbonyl (C=O) groups excluding carboxylic acids is 4. The largest absolute Gasteiger partial charge is 0.463 e. The maximum absolute atomic E-state index is 15.2. The first-order chi connectivity index (χ1) is 25.6. The van der Waals surface area contributed by atoms with Gasteiger partial charge in [-0.05, 0) is 67.9 Å². The lowest BCUT2D eigenvalue weighted by molar-refractivity contribution is -0.146. The van der Waals surface area contributed by atoms with Crippen LogP contribution in [0.3, 0.4) is 0 Å². The number of aliphatic hydroxyl groups is 1. The van der Waals surface area contributed by atoms with E-state index in [1.165, 1.54) is 4.90 Å². The highest BCUT2D eigenvalue weighted by atomic mass is 16.5. The smallest absolute Gasteiger partial charge is 0.306 e. The van der Waals surface area contributed by atoms with Crippen molar-refractivity contribution in [3.8, 4) is 0 Å². The summed E-state index contributed by atoms with van der Waals surface area (Å²) in [6.45, 7) is 11.2. The molecule has 1 spiro atoms. The molecule has 0 radical (unpaired) electrons. The van der Waals surface area contributed by atoms with Gasteiger partial charge in [-0.15, -0.1) is 13.2 Å². The van der Waals surface area contributed by atoms with E-state index >= 15 is 4.79 Å². The molecular formula is C43H49N3O7. The first kappa shape index (κ1) is 37.7. The van der Waals surface area contributed by atoms with E-state index in [2.05, 4.69) is 18.5 Å². The average molecular weight is 720 g/mol. The van der Waals surface area contributed by atoms with Crippen LogP contribution in [0.1, 0.15) is 54.0 Å². The van der Waals surface area contributed by atoms with E-state index in [1.807, 2.05) is 92.7 Å². The van der Waals surface area contributed by atoms with Gasteiger partial charge in [0.1, 0.15) is 18.2 Å². The van der Waals surface area contributed by atoms with Gasteiger partial charge in [-0.2, -0.15) is 0 Å². The molecule has 3 heterocycles. The molecule has 3 amide bonds. The predicted octanol–water partition coefficient (Wildman–Crippen LogP) is 5.17. The van der Waals surface area contributed by atoms with Crippen LogP contribution < -0.4 is 10.2 Å². The number of hydrogen-bond donors (Lipinski definition) is 2. The van der Waals surface area contributed by atoms with Crippen molar-refractivity contribution < 1.29 is 33.8 Å². The van der Waals surface area contributed by atoms with Crippen molar-refractivity contribution >= 4 is 29.4 Å². The van der Waals surface area contributed by atoms with E-state index in [0.29, 0.717) is 31.4 Å². The van der Waals surface area contributed by atoms with Gasteiger partial charge in [0, 0.05) is 18.7 Å². The Labute approximate surface area is 311 Å². The summed E-state index contributed by atoms with van der Waals surface area (Å²) in [4.78, 5) is 60.3. The second-order valence-electron chi connectivity index (χ2n) is 14.3. The van der Waals surface area contributed by atoms with Crippen LogP contribution in [0, 0.1) is 25.7 Å². The van der Waals surface area contributed by atoms with Crippen molar-refractivity contribution in [3.63, 3.8) is 0 Å². The Balaban J connectivity index is 1.37. The van der Waals surface area contributed by atoms with Gasteiger partial charge in [-0.25, -0.2) is 0 Å². The number of carbonyl (C=O) groups is 4. The van der Waals surface area contributed by atoms with Crippen molar-refractivity contribution in [2.45, 2.75) is 75.8 Å². The Bertz CT molecular complexity index is 1830. The van der Waals surface area contributed by atoms with Gasteiger partial charge in [-0.1, -0.05) is 84.9 Å². The summed E-state index contributed by atoms with van der Waals surface area (Å²) < 4.78 is 12.3. The molecule has 0 saturated carbocycles. The third kappa shape index (κ3) is 7.43. The minimum atomic E-state index is -1.30. The number of likely N-dealkylation sites (tertiary alicyclic amines) is 1. The van der Waals surface area contributed by atoms with Crippen molar-refractivity contribution in [3.05, 3.63) is 126 Å². The number of rotatable bonds is 16. The molecule has 10 nitrogen and oxygen atoms in total. The molecule has 2 N–H and O–H groups in total. The average Bonchev–Trinajstić information content (AvgIpc) is 3.82. The number of nitrogens with one attached hydrogen (secondary N) is 1. The minimum absolute atomic E-state index is 0.100. The molecule has 3 fully saturated rings. The van der Waals surface area contributed by atoms with Crippen LogP contribution in [0.25, 0.3) is 0 Å². The molecule has 3 aromatic rings. The van der Waals surface area contributed by atoms with Crippen LogP contribution in [0.15, 0.2) is 104 Å². The highest BCUT2D eigenvalue weighted by Gasteiger charge is 2.75. The van der Waals surface area contributed by atoms with Crippen molar-refractivity contribution in [1.29, 1.82) is 0 Å². The zero-order valence-corrected chi connectivity index (χ0v) is 30.5. The second kappa shape index (κ2) is 16.3. The minimum Gasteiger partial charge on any atom is -0.463 e. The Hall–Kier alpha value is -5.06. The highest BCUT2D eigenvalue weighted by Crippen LogP contribution is 2.59. The lowest BCUT2D eigenvalue weighted by Crippen LogP contribution is -2.59. The Morgan fingerprint density at radius 1 is 1.06 bits per heavy atom. The zero-order chi connectivity index (χ0) is 37.7. The molecule has 3 aliphatic rings. The van der Waals surface area contributed by atoms with Gasteiger partial charge in [0.2, 0.25) is 11.8 Å². The van der Waals surface area contributed by atoms with Gasteiger partial charge in [0.05, 0.1) is 36.6 Å². The normalized spacial score (nSPS) is 23.9. The van der Waals surface area contributed by atoms with Gasteiger partial charge in [-0.3, -0.25) is 19.2 Å². The first-order valence-corrected chi connectivity index (χ1v) is 18.4. The first-order valence-electron chi connectivity index (χ1n) is 18.4. The molecule has 7 atom stereocenters. The number of allylic oxidation sites excluding steroid dienone is 1. The molecule has 6 rings (SSSR count). The number of aliphatic hydroxyl groups excluding tert-OH is 1. The van der Waals surface area contributed by atoms with Gasteiger partial charge in [0.15, 0.2) is 0 Å². The lowest BCUT2D eigenvalue weighted by atomic mass is 9.70. The van der Waals surface area contributed by atoms with Gasteiger partial charge < -0.3 is 29.7 Å². The number of amides is 3.